The maximum atomic E-state index is 13.4. The molecule has 0 aliphatic heterocycles. The predicted octanol–water partition coefficient (Wildman–Crippen LogP) is 2.42. The molecule has 14 heavy (non-hydrogen) atoms. The van der Waals surface area contributed by atoms with Gasteiger partial charge < -0.3 is 5.73 Å². The van der Waals surface area contributed by atoms with E-state index in [2.05, 4.69) is 17.1 Å². The summed E-state index contributed by atoms with van der Waals surface area (Å²) in [5, 5.41) is 6.40. The van der Waals surface area contributed by atoms with Crippen LogP contribution in [0.2, 0.25) is 0 Å². The minimum atomic E-state index is -0.343. The lowest BCUT2D eigenvalue weighted by Crippen LogP contribution is -2.12. The van der Waals surface area contributed by atoms with E-state index in [1.807, 2.05) is 0 Å². The molecule has 0 radical (unpaired) electrons. The summed E-state index contributed by atoms with van der Waals surface area (Å²) in [5.41, 5.74) is 5.96. The fraction of sp³-hybridized carbons (Fsp3) is 0.700. The van der Waals surface area contributed by atoms with Crippen LogP contribution in [0.1, 0.15) is 44.2 Å². The Morgan fingerprint density at radius 1 is 1.36 bits per heavy atom. The van der Waals surface area contributed by atoms with Gasteiger partial charge >= 0.3 is 0 Å². The van der Waals surface area contributed by atoms with Crippen LogP contribution in [0.15, 0.2) is 0 Å². The van der Waals surface area contributed by atoms with Crippen molar-refractivity contribution in [1.29, 1.82) is 0 Å². The third-order valence-corrected chi connectivity index (χ3v) is 3.18. The second kappa shape index (κ2) is 3.59. The Bertz CT molecular complexity index is 313. The van der Waals surface area contributed by atoms with Crippen molar-refractivity contribution in [2.45, 2.75) is 38.5 Å². The first-order chi connectivity index (χ1) is 6.68. The van der Waals surface area contributed by atoms with Crippen LogP contribution in [-0.4, -0.2) is 10.2 Å². The predicted molar refractivity (Wildman–Crippen MR) is 53.3 cm³/mol. The van der Waals surface area contributed by atoms with E-state index in [1.165, 1.54) is 12.8 Å². The van der Waals surface area contributed by atoms with Gasteiger partial charge in [-0.05, 0) is 18.8 Å². The molecular formula is C10H16FN3. The fourth-order valence-electron chi connectivity index (χ4n) is 2.18. The van der Waals surface area contributed by atoms with Crippen LogP contribution in [0, 0.1) is 11.7 Å². The lowest BCUT2D eigenvalue weighted by molar-refractivity contribution is 0.338. The lowest BCUT2D eigenvalue weighted by atomic mass is 9.81. The van der Waals surface area contributed by atoms with Crippen molar-refractivity contribution in [3.8, 4) is 0 Å². The van der Waals surface area contributed by atoms with Gasteiger partial charge in [0.2, 0.25) is 0 Å². The number of nitrogens with zero attached hydrogens (tertiary/aromatic N) is 1. The number of aromatic amines is 1. The highest BCUT2D eigenvalue weighted by Gasteiger charge is 2.24. The molecule has 1 aromatic rings. The van der Waals surface area contributed by atoms with Gasteiger partial charge in [0.15, 0.2) is 11.6 Å². The summed E-state index contributed by atoms with van der Waals surface area (Å²) in [4.78, 5) is 0. The second-order valence-corrected chi connectivity index (χ2v) is 4.29. The standard InChI is InChI=1S/C10H16FN3/c1-6-2-4-7(5-3-6)9-8(11)10(12)14-13-9/h6-7H,2-5H2,1H3,(H3,12,13,14). The molecule has 0 aromatic carbocycles. The highest BCUT2D eigenvalue weighted by Crippen LogP contribution is 2.36. The van der Waals surface area contributed by atoms with Crippen LogP contribution < -0.4 is 5.73 Å². The highest BCUT2D eigenvalue weighted by molar-refractivity contribution is 5.33. The summed E-state index contributed by atoms with van der Waals surface area (Å²) in [6.07, 6.45) is 4.42. The number of halogens is 1. The molecule has 1 heterocycles. The van der Waals surface area contributed by atoms with E-state index in [-0.39, 0.29) is 17.6 Å². The molecule has 4 heteroatoms. The molecule has 2 rings (SSSR count). The average molecular weight is 197 g/mol. The number of aromatic nitrogens is 2. The first kappa shape index (κ1) is 9.49. The van der Waals surface area contributed by atoms with Crippen LogP contribution >= 0.6 is 0 Å². The summed E-state index contributed by atoms with van der Waals surface area (Å²) >= 11 is 0. The fourth-order valence-corrected chi connectivity index (χ4v) is 2.18. The van der Waals surface area contributed by atoms with Crippen molar-refractivity contribution in [3.05, 3.63) is 11.5 Å². The molecular weight excluding hydrogens is 181 g/mol. The molecule has 0 atom stereocenters. The Labute approximate surface area is 82.9 Å². The van der Waals surface area contributed by atoms with E-state index >= 15 is 0 Å². The normalized spacial score (nSPS) is 27.9. The molecule has 0 spiro atoms. The summed E-state index contributed by atoms with van der Waals surface area (Å²) in [6, 6.07) is 0. The number of nitrogens with one attached hydrogen (secondary N) is 1. The van der Waals surface area contributed by atoms with E-state index < -0.39 is 0 Å². The van der Waals surface area contributed by atoms with Gasteiger partial charge in [-0.1, -0.05) is 19.8 Å². The van der Waals surface area contributed by atoms with Crippen LogP contribution in [0.3, 0.4) is 0 Å². The van der Waals surface area contributed by atoms with Gasteiger partial charge in [0.05, 0.1) is 5.69 Å². The van der Waals surface area contributed by atoms with Crippen LogP contribution in [0.4, 0.5) is 10.2 Å². The maximum absolute atomic E-state index is 13.4. The zero-order valence-corrected chi connectivity index (χ0v) is 8.39. The zero-order chi connectivity index (χ0) is 10.1. The Kier molecular flexibility index (Phi) is 2.44. The van der Waals surface area contributed by atoms with Gasteiger partial charge in [-0.15, -0.1) is 0 Å². The quantitative estimate of drug-likeness (QED) is 0.726. The van der Waals surface area contributed by atoms with Gasteiger partial charge in [0.25, 0.3) is 0 Å². The molecule has 1 fully saturated rings. The minimum Gasteiger partial charge on any atom is -0.380 e. The third-order valence-electron chi connectivity index (χ3n) is 3.18. The maximum Gasteiger partial charge on any atom is 0.188 e. The van der Waals surface area contributed by atoms with Crippen LogP contribution in [0.5, 0.6) is 0 Å². The highest BCUT2D eigenvalue weighted by atomic mass is 19.1. The van der Waals surface area contributed by atoms with E-state index in [9.17, 15) is 4.39 Å². The van der Waals surface area contributed by atoms with Crippen LogP contribution in [0.25, 0.3) is 0 Å². The average Bonchev–Trinajstić information content (AvgIpc) is 2.50. The Balaban J connectivity index is 2.12. The number of nitrogens with two attached hydrogens (primary N) is 1. The molecule has 0 amide bonds. The van der Waals surface area contributed by atoms with Crippen molar-refractivity contribution >= 4 is 5.82 Å². The van der Waals surface area contributed by atoms with E-state index in [0.29, 0.717) is 5.69 Å². The molecule has 1 aliphatic rings. The molecule has 3 nitrogen and oxygen atoms in total. The SMILES string of the molecule is CC1CCC(c2[nH]nc(N)c2F)CC1. The summed E-state index contributed by atoms with van der Waals surface area (Å²) < 4.78 is 13.4. The van der Waals surface area contributed by atoms with Crippen molar-refractivity contribution in [3.63, 3.8) is 0 Å². The van der Waals surface area contributed by atoms with Crippen LogP contribution in [-0.2, 0) is 0 Å². The van der Waals surface area contributed by atoms with Crippen molar-refractivity contribution in [1.82, 2.24) is 10.2 Å². The summed E-state index contributed by atoms with van der Waals surface area (Å²) in [6.45, 7) is 2.24. The van der Waals surface area contributed by atoms with Crippen molar-refractivity contribution < 1.29 is 4.39 Å². The van der Waals surface area contributed by atoms with Crippen molar-refractivity contribution in [2.75, 3.05) is 5.73 Å². The first-order valence-corrected chi connectivity index (χ1v) is 5.17. The number of hydrogen-bond acceptors (Lipinski definition) is 2. The van der Waals surface area contributed by atoms with Gasteiger partial charge in [-0.3, -0.25) is 5.10 Å². The monoisotopic (exact) mass is 197 g/mol. The lowest BCUT2D eigenvalue weighted by Gasteiger charge is -2.24. The first-order valence-electron chi connectivity index (χ1n) is 5.17. The Morgan fingerprint density at radius 3 is 2.50 bits per heavy atom. The number of rotatable bonds is 1. The largest absolute Gasteiger partial charge is 0.380 e. The zero-order valence-electron chi connectivity index (χ0n) is 8.39. The van der Waals surface area contributed by atoms with Gasteiger partial charge in [0.1, 0.15) is 0 Å². The Morgan fingerprint density at radius 2 is 2.00 bits per heavy atom. The van der Waals surface area contributed by atoms with Gasteiger partial charge in [0, 0.05) is 5.92 Å². The van der Waals surface area contributed by atoms with E-state index in [0.717, 1.165) is 18.8 Å². The number of anilines is 1. The molecule has 3 N–H and O–H groups in total. The smallest absolute Gasteiger partial charge is 0.188 e. The molecule has 0 saturated heterocycles. The van der Waals surface area contributed by atoms with Crippen molar-refractivity contribution in [2.24, 2.45) is 5.92 Å². The molecule has 1 aromatic heterocycles. The topological polar surface area (TPSA) is 54.7 Å². The summed E-state index contributed by atoms with van der Waals surface area (Å²) in [7, 11) is 0. The minimum absolute atomic E-state index is 0.00128. The molecule has 0 bridgehead atoms. The Hall–Kier alpha value is -1.06. The van der Waals surface area contributed by atoms with E-state index in [1.54, 1.807) is 0 Å². The summed E-state index contributed by atoms with van der Waals surface area (Å²) in [5.74, 6) is 0.716. The number of hydrogen-bond donors (Lipinski definition) is 2. The molecule has 1 aliphatic carbocycles. The third kappa shape index (κ3) is 1.61. The number of H-pyrrole nitrogens is 1. The molecule has 78 valence electrons. The van der Waals surface area contributed by atoms with Gasteiger partial charge in [-0.2, -0.15) is 5.10 Å². The van der Waals surface area contributed by atoms with E-state index in [4.69, 9.17) is 5.73 Å². The molecule has 0 unspecified atom stereocenters. The number of nitrogen functional groups attached to an aromatic ring is 1. The molecule has 1 saturated carbocycles. The second-order valence-electron chi connectivity index (χ2n) is 4.29. The van der Waals surface area contributed by atoms with Gasteiger partial charge in [-0.25, -0.2) is 4.39 Å².